The van der Waals surface area contributed by atoms with Crippen LogP contribution in [0.15, 0.2) is 63.1 Å². The second-order valence-corrected chi connectivity index (χ2v) is 9.13. The van der Waals surface area contributed by atoms with Crippen molar-refractivity contribution < 1.29 is 22.0 Å². The summed E-state index contributed by atoms with van der Waals surface area (Å²) in [5, 5.41) is 8.35. The maximum atomic E-state index is 12.9. The Morgan fingerprint density at radius 2 is 1.83 bits per heavy atom. The second kappa shape index (κ2) is 10.1. The summed E-state index contributed by atoms with van der Waals surface area (Å²) in [5.74, 6) is 1.06. The topological polar surface area (TPSA) is 85.5 Å². The van der Waals surface area contributed by atoms with Crippen molar-refractivity contribution in [3.63, 3.8) is 0 Å². The summed E-state index contributed by atoms with van der Waals surface area (Å²) in [5.41, 5.74) is 0.533. The number of hydrogen-bond donors (Lipinski definition) is 0. The molecular formula is C20H22FN3O4S2. The molecule has 7 nitrogen and oxygen atoms in total. The maximum absolute atomic E-state index is 12.9. The van der Waals surface area contributed by atoms with E-state index in [9.17, 15) is 12.8 Å². The molecule has 160 valence electrons. The van der Waals surface area contributed by atoms with E-state index in [0.717, 1.165) is 0 Å². The Kier molecular flexibility index (Phi) is 7.46. The van der Waals surface area contributed by atoms with Crippen LogP contribution in [0, 0.1) is 5.82 Å². The number of sulfonamides is 1. The van der Waals surface area contributed by atoms with Gasteiger partial charge in [0.2, 0.25) is 15.9 Å². The van der Waals surface area contributed by atoms with Crippen LogP contribution in [0.1, 0.15) is 13.8 Å². The third-order valence-electron chi connectivity index (χ3n) is 4.22. The molecule has 0 N–H and O–H groups in total. The van der Waals surface area contributed by atoms with Gasteiger partial charge < -0.3 is 9.15 Å². The summed E-state index contributed by atoms with van der Waals surface area (Å²) in [6.07, 6.45) is 0. The van der Waals surface area contributed by atoms with Gasteiger partial charge in [-0.05, 0) is 42.5 Å². The standard InChI is InChI=1S/C20H22FN3O4S2/c1-3-24(4-2)30(25,26)18-7-5-6-15(14-18)19-22-23-20(28-19)29-13-12-27-17-10-8-16(21)9-11-17/h5-11,14H,3-4,12-13H2,1-2H3. The highest BCUT2D eigenvalue weighted by Gasteiger charge is 2.22. The van der Waals surface area contributed by atoms with Crippen LogP contribution >= 0.6 is 11.8 Å². The molecule has 0 aliphatic heterocycles. The van der Waals surface area contributed by atoms with Crippen molar-refractivity contribution in [2.24, 2.45) is 0 Å². The number of rotatable bonds is 10. The van der Waals surface area contributed by atoms with Crippen molar-refractivity contribution >= 4 is 21.8 Å². The third-order valence-corrected chi connectivity index (χ3v) is 7.05. The Balaban J connectivity index is 1.62. The Morgan fingerprint density at radius 3 is 2.53 bits per heavy atom. The summed E-state index contributed by atoms with van der Waals surface area (Å²) in [7, 11) is -3.57. The normalized spacial score (nSPS) is 11.7. The fourth-order valence-electron chi connectivity index (χ4n) is 2.71. The molecule has 3 rings (SSSR count). The smallest absolute Gasteiger partial charge is 0.276 e. The molecule has 0 amide bonds. The van der Waals surface area contributed by atoms with E-state index < -0.39 is 10.0 Å². The number of thioether (sulfide) groups is 1. The third kappa shape index (κ3) is 5.38. The van der Waals surface area contributed by atoms with Crippen LogP contribution in [0.2, 0.25) is 0 Å². The van der Waals surface area contributed by atoms with E-state index in [1.165, 1.54) is 34.3 Å². The molecule has 10 heteroatoms. The van der Waals surface area contributed by atoms with E-state index in [1.54, 1.807) is 44.2 Å². The van der Waals surface area contributed by atoms with Gasteiger partial charge in [-0.15, -0.1) is 10.2 Å². The highest BCUT2D eigenvalue weighted by molar-refractivity contribution is 7.99. The molecule has 0 atom stereocenters. The van der Waals surface area contributed by atoms with Crippen LogP contribution in [0.4, 0.5) is 4.39 Å². The highest BCUT2D eigenvalue weighted by atomic mass is 32.2. The molecule has 0 unspecified atom stereocenters. The van der Waals surface area contributed by atoms with Crippen LogP contribution in [0.25, 0.3) is 11.5 Å². The van der Waals surface area contributed by atoms with E-state index >= 15 is 0 Å². The number of aromatic nitrogens is 2. The van der Waals surface area contributed by atoms with Gasteiger partial charge in [-0.3, -0.25) is 0 Å². The fourth-order valence-corrected chi connectivity index (χ4v) is 4.79. The molecule has 1 aromatic heterocycles. The minimum absolute atomic E-state index is 0.184. The summed E-state index contributed by atoms with van der Waals surface area (Å²) in [4.78, 5) is 0.184. The van der Waals surface area contributed by atoms with Crippen LogP contribution in [-0.4, -0.2) is 48.4 Å². The van der Waals surface area contributed by atoms with Gasteiger partial charge in [0.25, 0.3) is 5.22 Å². The molecule has 0 fully saturated rings. The van der Waals surface area contributed by atoms with E-state index in [0.29, 0.717) is 42.0 Å². The maximum Gasteiger partial charge on any atom is 0.276 e. The van der Waals surface area contributed by atoms with Crippen molar-refractivity contribution in [3.8, 4) is 17.2 Å². The zero-order valence-electron chi connectivity index (χ0n) is 16.6. The number of ether oxygens (including phenoxy) is 1. The van der Waals surface area contributed by atoms with Crippen LogP contribution < -0.4 is 4.74 Å². The molecule has 2 aromatic carbocycles. The van der Waals surface area contributed by atoms with Crippen molar-refractivity contribution in [3.05, 3.63) is 54.3 Å². The van der Waals surface area contributed by atoms with Crippen molar-refractivity contribution in [1.82, 2.24) is 14.5 Å². The Hall–Kier alpha value is -2.43. The predicted octanol–water partition coefficient (Wildman–Crippen LogP) is 4.08. The van der Waals surface area contributed by atoms with E-state index in [-0.39, 0.29) is 16.6 Å². The molecule has 0 saturated heterocycles. The Labute approximate surface area is 179 Å². The summed E-state index contributed by atoms with van der Waals surface area (Å²) >= 11 is 1.31. The first-order chi connectivity index (χ1) is 14.4. The highest BCUT2D eigenvalue weighted by Crippen LogP contribution is 2.26. The first kappa shape index (κ1) is 22.3. The van der Waals surface area contributed by atoms with Crippen molar-refractivity contribution in [2.75, 3.05) is 25.4 Å². The lowest BCUT2D eigenvalue weighted by molar-refractivity contribution is 0.342. The summed E-state index contributed by atoms with van der Waals surface area (Å²) < 4.78 is 50.9. The lowest BCUT2D eigenvalue weighted by atomic mass is 10.2. The molecule has 0 saturated carbocycles. The predicted molar refractivity (Wildman–Crippen MR) is 112 cm³/mol. The average Bonchev–Trinajstić information content (AvgIpc) is 3.22. The van der Waals surface area contributed by atoms with Gasteiger partial charge in [-0.2, -0.15) is 4.31 Å². The molecule has 0 aliphatic carbocycles. The summed E-state index contributed by atoms with van der Waals surface area (Å²) in [6.45, 7) is 4.76. The van der Waals surface area contributed by atoms with Crippen LogP contribution in [-0.2, 0) is 10.0 Å². The minimum Gasteiger partial charge on any atom is -0.493 e. The molecular weight excluding hydrogens is 429 g/mol. The van der Waals surface area contributed by atoms with Crippen molar-refractivity contribution in [2.45, 2.75) is 24.0 Å². The van der Waals surface area contributed by atoms with Crippen LogP contribution in [0.5, 0.6) is 5.75 Å². The van der Waals surface area contributed by atoms with Gasteiger partial charge in [0.15, 0.2) is 0 Å². The van der Waals surface area contributed by atoms with Gasteiger partial charge in [-0.25, -0.2) is 12.8 Å². The first-order valence-electron chi connectivity index (χ1n) is 9.39. The average molecular weight is 452 g/mol. The molecule has 0 bridgehead atoms. The number of halogens is 1. The lowest BCUT2D eigenvalue weighted by Gasteiger charge is -2.18. The fraction of sp³-hybridized carbons (Fsp3) is 0.300. The molecule has 0 spiro atoms. The van der Waals surface area contributed by atoms with E-state index in [2.05, 4.69) is 10.2 Å². The van der Waals surface area contributed by atoms with Gasteiger partial charge in [-0.1, -0.05) is 31.7 Å². The monoisotopic (exact) mass is 451 g/mol. The van der Waals surface area contributed by atoms with Gasteiger partial charge in [0.05, 0.1) is 11.5 Å². The SMILES string of the molecule is CCN(CC)S(=O)(=O)c1cccc(-c2nnc(SCCOc3ccc(F)cc3)o2)c1. The number of nitrogens with zero attached hydrogens (tertiary/aromatic N) is 3. The zero-order chi connectivity index (χ0) is 21.6. The zero-order valence-corrected chi connectivity index (χ0v) is 18.2. The second-order valence-electron chi connectivity index (χ2n) is 6.14. The van der Waals surface area contributed by atoms with Crippen molar-refractivity contribution in [1.29, 1.82) is 0 Å². The van der Waals surface area contributed by atoms with E-state index in [4.69, 9.17) is 9.15 Å². The molecule has 1 heterocycles. The molecule has 0 aliphatic rings. The number of benzene rings is 2. The lowest BCUT2D eigenvalue weighted by Crippen LogP contribution is -2.30. The van der Waals surface area contributed by atoms with Gasteiger partial charge in [0.1, 0.15) is 11.6 Å². The minimum atomic E-state index is -3.57. The largest absolute Gasteiger partial charge is 0.493 e. The van der Waals surface area contributed by atoms with Gasteiger partial charge >= 0.3 is 0 Å². The van der Waals surface area contributed by atoms with E-state index in [1.807, 2.05) is 0 Å². The number of hydrogen-bond acceptors (Lipinski definition) is 7. The molecule has 30 heavy (non-hydrogen) atoms. The Morgan fingerprint density at radius 1 is 1.10 bits per heavy atom. The van der Waals surface area contributed by atoms with Crippen LogP contribution in [0.3, 0.4) is 0 Å². The summed E-state index contributed by atoms with van der Waals surface area (Å²) in [6, 6.07) is 12.3. The quantitative estimate of drug-likeness (QED) is 0.339. The molecule has 3 aromatic rings. The molecule has 0 radical (unpaired) electrons. The Bertz CT molecular complexity index is 1070. The van der Waals surface area contributed by atoms with Gasteiger partial charge in [0, 0.05) is 24.4 Å². The first-order valence-corrected chi connectivity index (χ1v) is 11.8.